The van der Waals surface area contributed by atoms with Gasteiger partial charge >= 0.3 is 12.1 Å². The maximum Gasteiger partial charge on any atom is 0.407 e. The summed E-state index contributed by atoms with van der Waals surface area (Å²) in [6.07, 6.45) is 0.727. The molecule has 2 N–H and O–H groups in total. The van der Waals surface area contributed by atoms with E-state index in [0.717, 1.165) is 28.2 Å². The molecular formula is C32H34N2O5S. The van der Waals surface area contributed by atoms with E-state index in [0.29, 0.717) is 19.4 Å². The summed E-state index contributed by atoms with van der Waals surface area (Å²) in [5, 5.41) is 12.3. The average Bonchev–Trinajstić information content (AvgIpc) is 3.28. The van der Waals surface area contributed by atoms with Crippen molar-refractivity contribution in [3.63, 3.8) is 0 Å². The Morgan fingerprint density at radius 1 is 0.900 bits per heavy atom. The second-order valence-electron chi connectivity index (χ2n) is 10.5. The Morgan fingerprint density at radius 2 is 1.50 bits per heavy atom. The molecule has 1 saturated heterocycles. The van der Waals surface area contributed by atoms with Crippen molar-refractivity contribution in [2.24, 2.45) is 0 Å². The Morgan fingerprint density at radius 3 is 2.12 bits per heavy atom. The minimum Gasteiger partial charge on any atom is -0.481 e. The standard InChI is InChI=1S/C32H34N2O5S/c35-29(34(17-14-30(36)37)21-23-8-2-1-3-9-23)20-32(15-18-40-19-16-32)33-31(38)39-22-28-26-12-6-4-10-24(26)25-11-5-7-13-27(25)28/h1-13,28H,14-22H2,(H,33,38)(H,36,37). The first-order chi connectivity index (χ1) is 19.4. The zero-order valence-electron chi connectivity index (χ0n) is 22.4. The minimum absolute atomic E-state index is 0.0463. The molecule has 1 heterocycles. The zero-order chi connectivity index (χ0) is 28.0. The summed E-state index contributed by atoms with van der Waals surface area (Å²) >= 11 is 1.80. The van der Waals surface area contributed by atoms with Crippen molar-refractivity contribution >= 4 is 29.7 Å². The number of ether oxygens (including phenoxy) is 1. The Kier molecular flexibility index (Phi) is 8.75. The number of carboxylic acids is 1. The summed E-state index contributed by atoms with van der Waals surface area (Å²) in [7, 11) is 0. The molecule has 2 amide bonds. The molecule has 208 valence electrons. The molecule has 1 aliphatic carbocycles. The number of hydrogen-bond donors (Lipinski definition) is 2. The van der Waals surface area contributed by atoms with Gasteiger partial charge in [-0.3, -0.25) is 9.59 Å². The van der Waals surface area contributed by atoms with E-state index in [4.69, 9.17) is 4.74 Å². The van der Waals surface area contributed by atoms with E-state index in [9.17, 15) is 19.5 Å². The van der Waals surface area contributed by atoms with Gasteiger partial charge in [0.25, 0.3) is 0 Å². The molecule has 0 radical (unpaired) electrons. The first-order valence-electron chi connectivity index (χ1n) is 13.7. The lowest BCUT2D eigenvalue weighted by molar-refractivity contribution is -0.139. The van der Waals surface area contributed by atoms with Crippen molar-refractivity contribution in [2.45, 2.75) is 43.7 Å². The summed E-state index contributed by atoms with van der Waals surface area (Å²) in [5.74, 6) is 0.479. The number of nitrogens with zero attached hydrogens (tertiary/aromatic N) is 1. The lowest BCUT2D eigenvalue weighted by Gasteiger charge is -2.38. The number of rotatable bonds is 10. The third-order valence-corrected chi connectivity index (χ3v) is 8.80. The van der Waals surface area contributed by atoms with Crippen LogP contribution < -0.4 is 5.32 Å². The van der Waals surface area contributed by atoms with Crippen LogP contribution in [0.2, 0.25) is 0 Å². The normalized spacial score (nSPS) is 15.5. The minimum atomic E-state index is -0.952. The van der Waals surface area contributed by atoms with Crippen LogP contribution in [0.5, 0.6) is 0 Å². The predicted octanol–water partition coefficient (Wildman–Crippen LogP) is 5.68. The zero-order valence-corrected chi connectivity index (χ0v) is 23.2. The van der Waals surface area contributed by atoms with Gasteiger partial charge in [0.2, 0.25) is 5.91 Å². The summed E-state index contributed by atoms with van der Waals surface area (Å²) in [5.41, 5.74) is 4.81. The molecule has 0 atom stereocenters. The third-order valence-electron chi connectivity index (χ3n) is 7.81. The van der Waals surface area contributed by atoms with Crippen molar-refractivity contribution < 1.29 is 24.2 Å². The fraction of sp³-hybridized carbons (Fsp3) is 0.344. The van der Waals surface area contributed by atoms with Gasteiger partial charge in [0.1, 0.15) is 6.61 Å². The smallest absolute Gasteiger partial charge is 0.407 e. The monoisotopic (exact) mass is 558 g/mol. The van der Waals surface area contributed by atoms with Crippen molar-refractivity contribution in [1.82, 2.24) is 10.2 Å². The van der Waals surface area contributed by atoms with Crippen LogP contribution in [0.4, 0.5) is 4.79 Å². The SMILES string of the molecule is O=C(O)CCN(Cc1ccccc1)C(=O)CC1(NC(=O)OCC2c3ccccc3-c3ccccc32)CCSCC1. The van der Waals surface area contributed by atoms with Gasteiger partial charge < -0.3 is 20.1 Å². The quantitative estimate of drug-likeness (QED) is 0.332. The highest BCUT2D eigenvalue weighted by atomic mass is 32.2. The number of alkyl carbamates (subject to hydrolysis) is 1. The van der Waals surface area contributed by atoms with Crippen LogP contribution >= 0.6 is 11.8 Å². The average molecular weight is 559 g/mol. The number of nitrogens with one attached hydrogen (secondary N) is 1. The van der Waals surface area contributed by atoms with Crippen molar-refractivity contribution in [3.05, 3.63) is 95.6 Å². The highest BCUT2D eigenvalue weighted by molar-refractivity contribution is 7.99. The highest BCUT2D eigenvalue weighted by Crippen LogP contribution is 2.44. The Balaban J connectivity index is 1.27. The van der Waals surface area contributed by atoms with E-state index in [1.165, 1.54) is 11.1 Å². The van der Waals surface area contributed by atoms with Gasteiger partial charge in [0.15, 0.2) is 0 Å². The van der Waals surface area contributed by atoms with Crippen LogP contribution in [-0.4, -0.2) is 58.2 Å². The second-order valence-corrected chi connectivity index (χ2v) is 11.7. The van der Waals surface area contributed by atoms with Gasteiger partial charge in [-0.2, -0.15) is 11.8 Å². The molecular weight excluding hydrogens is 524 g/mol. The molecule has 1 aliphatic heterocycles. The maximum atomic E-state index is 13.6. The van der Waals surface area contributed by atoms with Gasteiger partial charge in [-0.15, -0.1) is 0 Å². The molecule has 40 heavy (non-hydrogen) atoms. The van der Waals surface area contributed by atoms with Crippen LogP contribution in [0.15, 0.2) is 78.9 Å². The largest absolute Gasteiger partial charge is 0.481 e. The highest BCUT2D eigenvalue weighted by Gasteiger charge is 2.38. The summed E-state index contributed by atoms with van der Waals surface area (Å²) in [6.45, 7) is 0.638. The topological polar surface area (TPSA) is 95.9 Å². The fourth-order valence-corrected chi connectivity index (χ4v) is 6.96. The second kappa shape index (κ2) is 12.6. The van der Waals surface area contributed by atoms with E-state index in [1.807, 2.05) is 54.6 Å². The Labute approximate surface area is 238 Å². The molecule has 7 nitrogen and oxygen atoms in total. The summed E-state index contributed by atoms with van der Waals surface area (Å²) < 4.78 is 5.82. The van der Waals surface area contributed by atoms with Gasteiger partial charge in [-0.1, -0.05) is 78.9 Å². The van der Waals surface area contributed by atoms with E-state index >= 15 is 0 Å². The number of hydrogen-bond acceptors (Lipinski definition) is 5. The van der Waals surface area contributed by atoms with E-state index in [1.54, 1.807) is 16.7 Å². The molecule has 0 aromatic heterocycles. The molecule has 0 bridgehead atoms. The number of aliphatic carboxylic acids is 1. The summed E-state index contributed by atoms with van der Waals surface area (Å²) in [6, 6.07) is 25.9. The van der Waals surface area contributed by atoms with Crippen LogP contribution in [0.3, 0.4) is 0 Å². The molecule has 0 unspecified atom stereocenters. The van der Waals surface area contributed by atoms with Crippen molar-refractivity contribution in [3.8, 4) is 11.1 Å². The predicted molar refractivity (Wildman–Crippen MR) is 156 cm³/mol. The van der Waals surface area contributed by atoms with E-state index < -0.39 is 17.6 Å². The first kappa shape index (κ1) is 27.8. The number of carboxylic acid groups (broad SMARTS) is 1. The molecule has 1 fully saturated rings. The molecule has 3 aromatic rings. The van der Waals surface area contributed by atoms with Crippen LogP contribution in [0.1, 0.15) is 48.3 Å². The number of fused-ring (bicyclic) bond motifs is 3. The van der Waals surface area contributed by atoms with Crippen LogP contribution in [0, 0.1) is 0 Å². The summed E-state index contributed by atoms with van der Waals surface area (Å²) in [4.78, 5) is 39.7. The lowest BCUT2D eigenvalue weighted by atomic mass is 9.87. The molecule has 0 spiro atoms. The Bertz CT molecular complexity index is 1310. The molecule has 3 aromatic carbocycles. The maximum absolute atomic E-state index is 13.6. The van der Waals surface area contributed by atoms with Gasteiger partial charge in [-0.05, 0) is 52.2 Å². The first-order valence-corrected chi connectivity index (χ1v) is 14.8. The molecule has 0 saturated carbocycles. The van der Waals surface area contributed by atoms with Gasteiger partial charge in [-0.25, -0.2) is 4.79 Å². The number of carbonyl (C=O) groups is 3. The van der Waals surface area contributed by atoms with Crippen LogP contribution in [-0.2, 0) is 20.9 Å². The number of thioether (sulfide) groups is 1. The number of amides is 2. The van der Waals surface area contributed by atoms with Crippen LogP contribution in [0.25, 0.3) is 11.1 Å². The molecule has 2 aliphatic rings. The molecule has 5 rings (SSSR count). The third kappa shape index (κ3) is 6.50. The number of carbonyl (C=O) groups excluding carboxylic acids is 2. The van der Waals surface area contributed by atoms with E-state index in [-0.39, 0.29) is 37.8 Å². The fourth-order valence-electron chi connectivity index (χ4n) is 5.69. The van der Waals surface area contributed by atoms with Gasteiger partial charge in [0.05, 0.1) is 18.4 Å². The Hall–Kier alpha value is -3.78. The molecule has 8 heteroatoms. The van der Waals surface area contributed by atoms with Gasteiger partial charge in [0, 0.05) is 19.0 Å². The van der Waals surface area contributed by atoms with Crippen molar-refractivity contribution in [2.75, 3.05) is 24.7 Å². The number of benzene rings is 3. The lowest BCUT2D eigenvalue weighted by Crippen LogP contribution is -2.54. The van der Waals surface area contributed by atoms with E-state index in [2.05, 4.69) is 29.6 Å². The van der Waals surface area contributed by atoms with Crippen molar-refractivity contribution in [1.29, 1.82) is 0 Å².